The number of aromatic nitrogens is 1. The van der Waals surface area contributed by atoms with Crippen LogP contribution in [0.4, 0.5) is 4.39 Å². The van der Waals surface area contributed by atoms with Gasteiger partial charge in [0, 0.05) is 24.7 Å². The summed E-state index contributed by atoms with van der Waals surface area (Å²) in [6, 6.07) is 6.64. The number of carbonyl (C=O) groups excluding carboxylic acids is 1. The Morgan fingerprint density at radius 1 is 1.36 bits per heavy atom. The number of hydrogen-bond acceptors (Lipinski definition) is 4. The van der Waals surface area contributed by atoms with Crippen LogP contribution in [0.25, 0.3) is 16.5 Å². The van der Waals surface area contributed by atoms with E-state index < -0.39 is 5.54 Å². The van der Waals surface area contributed by atoms with Crippen molar-refractivity contribution in [3.05, 3.63) is 47.9 Å². The van der Waals surface area contributed by atoms with Crippen molar-refractivity contribution >= 4 is 22.4 Å². The van der Waals surface area contributed by atoms with Crippen molar-refractivity contribution in [1.82, 2.24) is 9.88 Å². The van der Waals surface area contributed by atoms with Gasteiger partial charge < -0.3 is 4.74 Å². The summed E-state index contributed by atoms with van der Waals surface area (Å²) in [5.41, 5.74) is 2.61. The van der Waals surface area contributed by atoms with Gasteiger partial charge >= 0.3 is 5.97 Å². The average molecular weight is 340 g/mol. The molecule has 0 atom stereocenters. The third-order valence-electron chi connectivity index (χ3n) is 5.24. The van der Waals surface area contributed by atoms with Gasteiger partial charge in [-0.2, -0.15) is 0 Å². The van der Waals surface area contributed by atoms with E-state index in [1.807, 2.05) is 13.0 Å². The van der Waals surface area contributed by atoms with Crippen molar-refractivity contribution in [2.24, 2.45) is 0 Å². The van der Waals surface area contributed by atoms with Gasteiger partial charge in [-0.25, -0.2) is 4.39 Å². The number of nitrogens with zero attached hydrogens (tertiary/aromatic N) is 2. The van der Waals surface area contributed by atoms with Crippen molar-refractivity contribution in [3.63, 3.8) is 0 Å². The largest absolute Gasteiger partial charge is 0.465 e. The predicted octanol–water partition coefficient (Wildman–Crippen LogP) is 3.56. The molecule has 0 unspecified atom stereocenters. The van der Waals surface area contributed by atoms with Crippen LogP contribution in [0.5, 0.6) is 0 Å². The van der Waals surface area contributed by atoms with Crippen molar-refractivity contribution in [2.75, 3.05) is 19.7 Å². The fraction of sp³-hybridized carbons (Fsp3) is 0.400. The fourth-order valence-electron chi connectivity index (χ4n) is 3.73. The Morgan fingerprint density at radius 2 is 2.20 bits per heavy atom. The molecule has 1 saturated carbocycles. The first-order chi connectivity index (χ1) is 12.1. The van der Waals surface area contributed by atoms with Crippen molar-refractivity contribution in [1.29, 1.82) is 0 Å². The highest BCUT2D eigenvalue weighted by Crippen LogP contribution is 2.44. The summed E-state index contributed by atoms with van der Waals surface area (Å²) < 4.78 is 18.9. The number of carbonyl (C=O) groups is 1. The zero-order valence-electron chi connectivity index (χ0n) is 14.3. The van der Waals surface area contributed by atoms with Gasteiger partial charge in [0.25, 0.3) is 0 Å². The Balaban J connectivity index is 1.60. The van der Waals surface area contributed by atoms with Gasteiger partial charge in [0.2, 0.25) is 0 Å². The number of rotatable bonds is 4. The Labute approximate surface area is 146 Å². The molecule has 0 radical (unpaired) electrons. The molecule has 0 spiro atoms. The number of fused-ring (bicyclic) bond motifs is 1. The molecule has 1 aromatic carbocycles. The quantitative estimate of drug-likeness (QED) is 0.798. The zero-order chi connectivity index (χ0) is 17.4. The summed E-state index contributed by atoms with van der Waals surface area (Å²) in [5.74, 6) is -0.345. The van der Waals surface area contributed by atoms with E-state index in [1.54, 1.807) is 18.3 Å². The molecule has 0 amide bonds. The molecule has 2 aliphatic rings. The van der Waals surface area contributed by atoms with Crippen LogP contribution in [0.3, 0.4) is 0 Å². The molecule has 1 aliphatic carbocycles. The molecule has 25 heavy (non-hydrogen) atoms. The lowest BCUT2D eigenvalue weighted by Gasteiger charge is -2.33. The molecular weight excluding hydrogens is 319 g/mol. The van der Waals surface area contributed by atoms with Crippen LogP contribution >= 0.6 is 0 Å². The summed E-state index contributed by atoms with van der Waals surface area (Å²) in [6.45, 7) is 3.79. The molecule has 0 N–H and O–H groups in total. The fourth-order valence-corrected chi connectivity index (χ4v) is 3.73. The Hall–Kier alpha value is -2.27. The second-order valence-corrected chi connectivity index (χ2v) is 6.70. The molecule has 4 nitrogen and oxygen atoms in total. The molecular formula is C20H21FN2O2. The van der Waals surface area contributed by atoms with E-state index in [9.17, 15) is 9.18 Å². The van der Waals surface area contributed by atoms with E-state index in [-0.39, 0.29) is 11.8 Å². The van der Waals surface area contributed by atoms with Crippen LogP contribution < -0.4 is 0 Å². The summed E-state index contributed by atoms with van der Waals surface area (Å²) in [6.07, 6.45) is 6.50. The second-order valence-electron chi connectivity index (χ2n) is 6.70. The first-order valence-electron chi connectivity index (χ1n) is 8.80. The molecule has 0 saturated heterocycles. The highest BCUT2D eigenvalue weighted by Gasteiger charge is 2.55. The maximum absolute atomic E-state index is 13.7. The summed E-state index contributed by atoms with van der Waals surface area (Å²) in [7, 11) is 0. The van der Waals surface area contributed by atoms with E-state index in [0.717, 1.165) is 42.3 Å². The van der Waals surface area contributed by atoms with Gasteiger partial charge in [-0.1, -0.05) is 6.08 Å². The molecule has 2 heterocycles. The van der Waals surface area contributed by atoms with E-state index in [2.05, 4.69) is 16.0 Å². The SMILES string of the molecule is CCOC(=O)C1(N2CC=C(c3ccnc4ccc(F)cc34)CC2)CC1. The lowest BCUT2D eigenvalue weighted by Crippen LogP contribution is -2.46. The second kappa shape index (κ2) is 6.23. The Kier molecular flexibility index (Phi) is 4.04. The van der Waals surface area contributed by atoms with Gasteiger partial charge in [-0.15, -0.1) is 0 Å². The third-order valence-corrected chi connectivity index (χ3v) is 5.24. The van der Waals surface area contributed by atoms with Crippen molar-refractivity contribution in [2.45, 2.75) is 31.7 Å². The molecule has 1 aromatic heterocycles. The predicted molar refractivity (Wildman–Crippen MR) is 94.5 cm³/mol. The van der Waals surface area contributed by atoms with Gasteiger partial charge in [-0.3, -0.25) is 14.7 Å². The minimum atomic E-state index is -0.412. The van der Waals surface area contributed by atoms with Gasteiger partial charge in [0.1, 0.15) is 11.4 Å². The zero-order valence-corrected chi connectivity index (χ0v) is 14.3. The van der Waals surface area contributed by atoms with Crippen LogP contribution in [0, 0.1) is 5.82 Å². The van der Waals surface area contributed by atoms with Crippen LogP contribution in [-0.2, 0) is 9.53 Å². The average Bonchev–Trinajstić information content (AvgIpc) is 3.44. The molecule has 1 fully saturated rings. The monoisotopic (exact) mass is 340 g/mol. The third kappa shape index (κ3) is 2.82. The van der Waals surface area contributed by atoms with Crippen LogP contribution in [0.1, 0.15) is 31.7 Å². The topological polar surface area (TPSA) is 42.4 Å². The standard InChI is InChI=1S/C20H21FN2O2/c1-2-25-19(24)20(8-9-20)23-11-6-14(7-12-23)16-5-10-22-18-4-3-15(21)13-17(16)18/h3-6,10,13H,2,7-9,11-12H2,1H3. The molecule has 1 aliphatic heterocycles. The number of halogens is 1. The lowest BCUT2D eigenvalue weighted by molar-refractivity contribution is -0.151. The van der Waals surface area contributed by atoms with Crippen LogP contribution in [0.15, 0.2) is 36.5 Å². The maximum atomic E-state index is 13.7. The van der Waals surface area contributed by atoms with Crippen molar-refractivity contribution < 1.29 is 13.9 Å². The molecule has 4 rings (SSSR count). The smallest absolute Gasteiger partial charge is 0.326 e. The number of ether oxygens (including phenoxy) is 1. The number of benzene rings is 1. The minimum absolute atomic E-state index is 0.0942. The summed E-state index contributed by atoms with van der Waals surface area (Å²) in [5, 5.41) is 0.841. The molecule has 0 bridgehead atoms. The summed E-state index contributed by atoms with van der Waals surface area (Å²) in [4.78, 5) is 18.8. The van der Waals surface area contributed by atoms with Gasteiger partial charge in [0.05, 0.1) is 12.1 Å². The highest BCUT2D eigenvalue weighted by molar-refractivity contribution is 5.92. The summed E-state index contributed by atoms with van der Waals surface area (Å²) >= 11 is 0. The first-order valence-corrected chi connectivity index (χ1v) is 8.80. The van der Waals surface area contributed by atoms with Gasteiger partial charge in [-0.05, 0) is 61.6 Å². The van der Waals surface area contributed by atoms with Gasteiger partial charge in [0.15, 0.2) is 0 Å². The number of hydrogen-bond donors (Lipinski definition) is 0. The van der Waals surface area contributed by atoms with E-state index in [0.29, 0.717) is 13.2 Å². The number of pyridine rings is 1. The van der Waals surface area contributed by atoms with Crippen molar-refractivity contribution in [3.8, 4) is 0 Å². The lowest BCUT2D eigenvalue weighted by atomic mass is 9.95. The van der Waals surface area contributed by atoms with Crippen LogP contribution in [-0.4, -0.2) is 41.1 Å². The van der Waals surface area contributed by atoms with E-state index in [4.69, 9.17) is 4.74 Å². The number of esters is 1. The minimum Gasteiger partial charge on any atom is -0.465 e. The van der Waals surface area contributed by atoms with E-state index in [1.165, 1.54) is 11.6 Å². The first kappa shape index (κ1) is 16.2. The Morgan fingerprint density at radius 3 is 2.88 bits per heavy atom. The highest BCUT2D eigenvalue weighted by atomic mass is 19.1. The maximum Gasteiger partial charge on any atom is 0.326 e. The van der Waals surface area contributed by atoms with E-state index >= 15 is 0 Å². The Bertz CT molecular complexity index is 858. The normalized spacial score (nSPS) is 19.5. The molecule has 2 aromatic rings. The van der Waals surface area contributed by atoms with Crippen LogP contribution in [0.2, 0.25) is 0 Å². The molecule has 130 valence electrons. The molecule has 5 heteroatoms.